The predicted octanol–water partition coefficient (Wildman–Crippen LogP) is 3.67. The Hall–Kier alpha value is -2.21. The molecule has 0 radical (unpaired) electrons. The topological polar surface area (TPSA) is 29.5 Å². The lowest BCUT2D eigenvalue weighted by molar-refractivity contribution is -0.126. The first-order chi connectivity index (χ1) is 10.8. The minimum absolute atomic E-state index is 0.100. The summed E-state index contributed by atoms with van der Waals surface area (Å²) in [6, 6.07) is 0. The van der Waals surface area contributed by atoms with Gasteiger partial charge in [-0.2, -0.15) is 0 Å². The summed E-state index contributed by atoms with van der Waals surface area (Å²) in [6.45, 7) is 4.53. The number of likely N-dealkylation sites (tertiary alicyclic amines) is 1. The number of amides is 1. The number of rotatable bonds is 6. The molecule has 0 saturated carbocycles. The molecule has 0 aromatic carbocycles. The lowest BCUT2D eigenvalue weighted by atomic mass is 10.1. The average molecular weight is 297 g/mol. The molecule has 0 atom stereocenters. The zero-order chi connectivity index (χ0) is 15.6. The highest BCUT2D eigenvalue weighted by Crippen LogP contribution is 2.10. The van der Waals surface area contributed by atoms with E-state index in [9.17, 15) is 4.79 Å². The van der Waals surface area contributed by atoms with Gasteiger partial charge in [0.15, 0.2) is 5.76 Å². The Balaban J connectivity index is 1.86. The lowest BCUT2D eigenvalue weighted by Gasteiger charge is -2.25. The van der Waals surface area contributed by atoms with Gasteiger partial charge in [0.2, 0.25) is 5.91 Å². The van der Waals surface area contributed by atoms with Gasteiger partial charge in [-0.3, -0.25) is 4.79 Å². The Bertz CT molecular complexity index is 577. The zero-order valence-electron chi connectivity index (χ0n) is 13.2. The fourth-order valence-corrected chi connectivity index (χ4v) is 2.29. The third-order valence-corrected chi connectivity index (χ3v) is 3.50. The first-order valence-corrected chi connectivity index (χ1v) is 8.00. The maximum atomic E-state index is 11.9. The smallest absolute Gasteiger partial charge is 0.246 e. The van der Waals surface area contributed by atoms with E-state index < -0.39 is 0 Å². The van der Waals surface area contributed by atoms with E-state index >= 15 is 0 Å². The minimum atomic E-state index is 0.100. The van der Waals surface area contributed by atoms with Gasteiger partial charge in [-0.25, -0.2) is 0 Å². The number of allylic oxidation sites excluding steroid dienone is 6. The Kier molecular flexibility index (Phi) is 6.57. The van der Waals surface area contributed by atoms with E-state index in [-0.39, 0.29) is 5.91 Å². The fraction of sp³-hybridized carbons (Fsp3) is 0.421. The van der Waals surface area contributed by atoms with Crippen LogP contribution in [0.3, 0.4) is 0 Å². The number of ether oxygens (including phenoxy) is 1. The van der Waals surface area contributed by atoms with Crippen molar-refractivity contribution in [3.05, 3.63) is 59.3 Å². The van der Waals surface area contributed by atoms with Crippen LogP contribution in [-0.2, 0) is 9.53 Å². The number of hydrogen-bond donors (Lipinski definition) is 0. The lowest BCUT2D eigenvalue weighted by Crippen LogP contribution is -2.34. The second kappa shape index (κ2) is 8.94. The van der Waals surface area contributed by atoms with Crippen molar-refractivity contribution >= 4 is 5.91 Å². The summed E-state index contributed by atoms with van der Waals surface area (Å²) in [4.78, 5) is 13.8. The molecule has 2 aliphatic rings. The molecular weight excluding hydrogens is 274 g/mol. The molecule has 1 aliphatic heterocycles. The Morgan fingerprint density at radius 1 is 1.23 bits per heavy atom. The molecule has 0 spiro atoms. The van der Waals surface area contributed by atoms with E-state index in [1.807, 2.05) is 29.2 Å². The van der Waals surface area contributed by atoms with Crippen LogP contribution in [0.4, 0.5) is 0 Å². The van der Waals surface area contributed by atoms with Gasteiger partial charge in [-0.15, -0.1) is 0 Å². The van der Waals surface area contributed by atoms with E-state index in [2.05, 4.69) is 18.4 Å². The van der Waals surface area contributed by atoms with Crippen molar-refractivity contribution in [1.29, 1.82) is 0 Å². The molecule has 2 rings (SSSR count). The molecule has 1 fully saturated rings. The van der Waals surface area contributed by atoms with Crippen molar-refractivity contribution in [2.45, 2.75) is 32.6 Å². The molecule has 0 bridgehead atoms. The molecule has 1 amide bonds. The first-order valence-electron chi connectivity index (χ1n) is 8.00. The normalized spacial score (nSPS) is 18.0. The SMILES string of the molecule is CCCOC1=C=C=C(/C=C/C=C/C(=O)N2CCCCC2)C=C1. The fourth-order valence-electron chi connectivity index (χ4n) is 2.29. The number of hydrogen-bond acceptors (Lipinski definition) is 2. The van der Waals surface area contributed by atoms with Crippen molar-refractivity contribution in [2.24, 2.45) is 0 Å². The summed E-state index contributed by atoms with van der Waals surface area (Å²) < 4.78 is 5.46. The third-order valence-electron chi connectivity index (χ3n) is 3.50. The molecule has 3 heteroatoms. The van der Waals surface area contributed by atoms with Gasteiger partial charge in [0.1, 0.15) is 0 Å². The Labute approximate surface area is 132 Å². The van der Waals surface area contributed by atoms with Crippen LogP contribution in [-0.4, -0.2) is 30.5 Å². The van der Waals surface area contributed by atoms with E-state index in [0.29, 0.717) is 6.61 Å². The van der Waals surface area contributed by atoms with Crippen molar-refractivity contribution in [3.8, 4) is 0 Å². The van der Waals surface area contributed by atoms with Crippen molar-refractivity contribution in [3.63, 3.8) is 0 Å². The Morgan fingerprint density at radius 3 is 2.73 bits per heavy atom. The standard InChI is InChI=1S/C19H23NO2/c1-2-16-22-18-12-10-17(11-13-18)8-4-5-9-19(21)20-14-6-3-7-15-20/h4-5,8-10,12H,2-3,6-7,14-16H2,1H3/b8-4+,9-5+. The van der Waals surface area contributed by atoms with Crippen LogP contribution in [0.15, 0.2) is 59.3 Å². The van der Waals surface area contributed by atoms with Gasteiger partial charge in [-0.1, -0.05) is 24.8 Å². The van der Waals surface area contributed by atoms with Gasteiger partial charge in [0.25, 0.3) is 0 Å². The summed E-state index contributed by atoms with van der Waals surface area (Å²) in [5.41, 5.74) is 6.92. The first kappa shape index (κ1) is 16.2. The zero-order valence-corrected chi connectivity index (χ0v) is 13.2. The average Bonchev–Trinajstić information content (AvgIpc) is 2.58. The van der Waals surface area contributed by atoms with Crippen LogP contribution in [0.2, 0.25) is 0 Å². The molecule has 3 nitrogen and oxygen atoms in total. The van der Waals surface area contributed by atoms with Crippen LogP contribution in [0.25, 0.3) is 0 Å². The molecule has 116 valence electrons. The maximum absolute atomic E-state index is 11.9. The molecule has 0 N–H and O–H groups in total. The number of piperidine rings is 1. The van der Waals surface area contributed by atoms with Crippen molar-refractivity contribution < 1.29 is 9.53 Å². The molecule has 1 saturated heterocycles. The van der Waals surface area contributed by atoms with Crippen LogP contribution < -0.4 is 0 Å². The predicted molar refractivity (Wildman–Crippen MR) is 88.1 cm³/mol. The molecule has 1 heterocycles. The maximum Gasteiger partial charge on any atom is 0.246 e. The number of carbonyl (C=O) groups is 1. The number of carbonyl (C=O) groups excluding carboxylic acids is 1. The molecule has 1 aliphatic carbocycles. The van der Waals surface area contributed by atoms with E-state index in [0.717, 1.165) is 43.7 Å². The number of nitrogens with zero attached hydrogens (tertiary/aromatic N) is 1. The molecule has 0 unspecified atom stereocenters. The molecule has 22 heavy (non-hydrogen) atoms. The largest absolute Gasteiger partial charge is 0.485 e. The highest BCUT2D eigenvalue weighted by Gasteiger charge is 2.13. The summed E-state index contributed by atoms with van der Waals surface area (Å²) in [5, 5.41) is 0. The highest BCUT2D eigenvalue weighted by molar-refractivity contribution is 5.87. The van der Waals surface area contributed by atoms with Crippen molar-refractivity contribution in [1.82, 2.24) is 4.90 Å². The van der Waals surface area contributed by atoms with Gasteiger partial charge in [0.05, 0.1) is 6.61 Å². The van der Waals surface area contributed by atoms with Gasteiger partial charge in [0, 0.05) is 24.7 Å². The second-order valence-corrected chi connectivity index (χ2v) is 5.36. The second-order valence-electron chi connectivity index (χ2n) is 5.36. The van der Waals surface area contributed by atoms with Crippen LogP contribution in [0, 0.1) is 0 Å². The summed E-state index contributed by atoms with van der Waals surface area (Å²) >= 11 is 0. The van der Waals surface area contributed by atoms with Crippen LogP contribution >= 0.6 is 0 Å². The Morgan fingerprint density at radius 2 is 2.05 bits per heavy atom. The highest BCUT2D eigenvalue weighted by atomic mass is 16.5. The summed E-state index contributed by atoms with van der Waals surface area (Å²) in [5.74, 6) is 0.818. The summed E-state index contributed by atoms with van der Waals surface area (Å²) in [6.07, 6.45) is 15.4. The molecule has 0 aromatic heterocycles. The van der Waals surface area contributed by atoms with Gasteiger partial charge < -0.3 is 9.64 Å². The summed E-state index contributed by atoms with van der Waals surface area (Å²) in [7, 11) is 0. The monoisotopic (exact) mass is 297 g/mol. The van der Waals surface area contributed by atoms with Crippen LogP contribution in [0.5, 0.6) is 0 Å². The van der Waals surface area contributed by atoms with Crippen LogP contribution in [0.1, 0.15) is 32.6 Å². The van der Waals surface area contributed by atoms with E-state index in [4.69, 9.17) is 4.74 Å². The molecular formula is C19H23NO2. The third kappa shape index (κ3) is 5.29. The molecule has 0 aromatic rings. The quantitative estimate of drug-likeness (QED) is 0.425. The van der Waals surface area contributed by atoms with E-state index in [1.54, 1.807) is 12.2 Å². The van der Waals surface area contributed by atoms with Gasteiger partial charge >= 0.3 is 0 Å². The minimum Gasteiger partial charge on any atom is -0.485 e. The van der Waals surface area contributed by atoms with E-state index in [1.165, 1.54) is 6.42 Å². The van der Waals surface area contributed by atoms with Crippen molar-refractivity contribution in [2.75, 3.05) is 19.7 Å². The van der Waals surface area contributed by atoms with Gasteiger partial charge in [-0.05, 0) is 49.6 Å².